The summed E-state index contributed by atoms with van der Waals surface area (Å²) < 4.78 is 4.78. The largest absolute Gasteiger partial charge is 0.469 e. The number of aryl methyl sites for hydroxylation is 2. The molecule has 0 aliphatic heterocycles. The van der Waals surface area contributed by atoms with Crippen molar-refractivity contribution >= 4 is 11.8 Å². The molecule has 0 spiro atoms. The Kier molecular flexibility index (Phi) is 6.34. The number of carbonyl (C=O) groups is 2. The van der Waals surface area contributed by atoms with Crippen molar-refractivity contribution in [3.63, 3.8) is 0 Å². The number of Topliss-reactive ketones (excluding diaryl/α,β-unsaturated/α-hetero) is 1. The van der Waals surface area contributed by atoms with Crippen LogP contribution in [0.4, 0.5) is 0 Å². The highest BCUT2D eigenvalue weighted by Gasteiger charge is 2.33. The third kappa shape index (κ3) is 4.97. The molecular formula is C19H28O3. The number of carbonyl (C=O) groups excluding carboxylic acids is 2. The SMILES string of the molecule is COC(=O)CC(C)(CC(=O)Cc1ccc(C)cc1C)C(C)C. The standard InChI is InChI=1S/C19H28O3/c1-13(2)19(5,12-18(21)22-6)11-17(20)10-16-8-7-14(3)9-15(16)4/h7-9,13H,10-12H2,1-6H3. The van der Waals surface area contributed by atoms with E-state index < -0.39 is 0 Å². The molecule has 1 aromatic rings. The van der Waals surface area contributed by atoms with Crippen LogP contribution >= 0.6 is 0 Å². The molecule has 0 aromatic heterocycles. The Morgan fingerprint density at radius 1 is 1.18 bits per heavy atom. The molecule has 1 rings (SSSR count). The zero-order valence-electron chi connectivity index (χ0n) is 14.7. The van der Waals surface area contributed by atoms with E-state index >= 15 is 0 Å². The van der Waals surface area contributed by atoms with Crippen LogP contribution in [-0.4, -0.2) is 18.9 Å². The van der Waals surface area contributed by atoms with E-state index in [0.717, 1.165) is 11.1 Å². The summed E-state index contributed by atoms with van der Waals surface area (Å²) in [6, 6.07) is 6.15. The molecule has 0 saturated carbocycles. The predicted octanol–water partition coefficient (Wildman–Crippen LogP) is 4.03. The van der Waals surface area contributed by atoms with Crippen LogP contribution in [0.1, 0.15) is 50.3 Å². The van der Waals surface area contributed by atoms with Gasteiger partial charge in [-0.25, -0.2) is 0 Å². The Labute approximate surface area is 134 Å². The maximum atomic E-state index is 12.5. The lowest BCUT2D eigenvalue weighted by atomic mass is 9.72. The minimum Gasteiger partial charge on any atom is -0.469 e. The molecular weight excluding hydrogens is 276 g/mol. The normalized spacial score (nSPS) is 13.8. The quantitative estimate of drug-likeness (QED) is 0.714. The first-order chi connectivity index (χ1) is 10.2. The summed E-state index contributed by atoms with van der Waals surface area (Å²) in [6.45, 7) is 10.2. The number of ether oxygens (including phenoxy) is 1. The van der Waals surface area contributed by atoms with Gasteiger partial charge in [0.05, 0.1) is 13.5 Å². The number of ketones is 1. The van der Waals surface area contributed by atoms with Gasteiger partial charge in [0.1, 0.15) is 5.78 Å². The summed E-state index contributed by atoms with van der Waals surface area (Å²) in [5, 5.41) is 0. The van der Waals surface area contributed by atoms with E-state index in [0.29, 0.717) is 12.8 Å². The molecule has 0 heterocycles. The number of esters is 1. The van der Waals surface area contributed by atoms with Crippen molar-refractivity contribution in [2.75, 3.05) is 7.11 Å². The second-order valence-electron chi connectivity index (χ2n) is 6.88. The number of hydrogen-bond donors (Lipinski definition) is 0. The summed E-state index contributed by atoms with van der Waals surface area (Å²) in [4.78, 5) is 24.1. The third-order valence-corrected chi connectivity index (χ3v) is 4.66. The molecule has 0 saturated heterocycles. The number of hydrogen-bond acceptors (Lipinski definition) is 3. The number of rotatable bonds is 7. The molecule has 0 aliphatic rings. The molecule has 0 fully saturated rings. The van der Waals surface area contributed by atoms with Crippen molar-refractivity contribution in [1.29, 1.82) is 0 Å². The molecule has 0 N–H and O–H groups in total. The van der Waals surface area contributed by atoms with Crippen molar-refractivity contribution in [1.82, 2.24) is 0 Å². The zero-order valence-corrected chi connectivity index (χ0v) is 14.7. The number of benzene rings is 1. The van der Waals surface area contributed by atoms with Gasteiger partial charge in [-0.1, -0.05) is 44.5 Å². The van der Waals surface area contributed by atoms with E-state index in [2.05, 4.69) is 6.07 Å². The van der Waals surface area contributed by atoms with E-state index in [1.807, 2.05) is 46.8 Å². The average Bonchev–Trinajstić information content (AvgIpc) is 2.41. The van der Waals surface area contributed by atoms with Crippen LogP contribution < -0.4 is 0 Å². The fourth-order valence-electron chi connectivity index (χ4n) is 2.64. The Balaban J connectivity index is 2.81. The summed E-state index contributed by atoms with van der Waals surface area (Å²) in [5.41, 5.74) is 3.06. The van der Waals surface area contributed by atoms with Crippen molar-refractivity contribution in [3.8, 4) is 0 Å². The van der Waals surface area contributed by atoms with Crippen LogP contribution in [0.2, 0.25) is 0 Å². The molecule has 0 amide bonds. The van der Waals surface area contributed by atoms with E-state index in [1.165, 1.54) is 12.7 Å². The Morgan fingerprint density at radius 3 is 2.32 bits per heavy atom. The number of methoxy groups -OCH3 is 1. The molecule has 0 bridgehead atoms. The average molecular weight is 304 g/mol. The van der Waals surface area contributed by atoms with Gasteiger partial charge in [-0.3, -0.25) is 9.59 Å². The molecule has 3 heteroatoms. The molecule has 1 unspecified atom stereocenters. The van der Waals surface area contributed by atoms with Gasteiger partial charge in [-0.15, -0.1) is 0 Å². The molecule has 22 heavy (non-hydrogen) atoms. The lowest BCUT2D eigenvalue weighted by Gasteiger charge is -2.32. The van der Waals surface area contributed by atoms with Crippen LogP contribution in [-0.2, 0) is 20.7 Å². The second-order valence-corrected chi connectivity index (χ2v) is 6.88. The molecule has 122 valence electrons. The molecule has 1 atom stereocenters. The third-order valence-electron chi connectivity index (χ3n) is 4.66. The Bertz CT molecular complexity index is 546. The van der Waals surface area contributed by atoms with Gasteiger partial charge in [0.15, 0.2) is 0 Å². The van der Waals surface area contributed by atoms with E-state index in [9.17, 15) is 9.59 Å². The van der Waals surface area contributed by atoms with Crippen LogP contribution in [0.3, 0.4) is 0 Å². The molecule has 0 radical (unpaired) electrons. The van der Waals surface area contributed by atoms with Crippen molar-refractivity contribution in [2.45, 2.75) is 53.9 Å². The van der Waals surface area contributed by atoms with Gasteiger partial charge in [0, 0.05) is 12.8 Å². The van der Waals surface area contributed by atoms with Crippen molar-refractivity contribution < 1.29 is 14.3 Å². The lowest BCUT2D eigenvalue weighted by molar-refractivity contribution is -0.144. The summed E-state index contributed by atoms with van der Waals surface area (Å²) in [5.74, 6) is 0.150. The Morgan fingerprint density at radius 2 is 1.82 bits per heavy atom. The maximum absolute atomic E-state index is 12.5. The van der Waals surface area contributed by atoms with Crippen LogP contribution in [0.15, 0.2) is 18.2 Å². The maximum Gasteiger partial charge on any atom is 0.306 e. The highest BCUT2D eigenvalue weighted by atomic mass is 16.5. The van der Waals surface area contributed by atoms with Gasteiger partial charge >= 0.3 is 5.97 Å². The highest BCUT2D eigenvalue weighted by molar-refractivity contribution is 5.82. The van der Waals surface area contributed by atoms with Gasteiger partial charge in [0.2, 0.25) is 0 Å². The zero-order chi connectivity index (χ0) is 16.9. The molecule has 1 aromatic carbocycles. The van der Waals surface area contributed by atoms with Crippen LogP contribution in [0.5, 0.6) is 0 Å². The first kappa shape index (κ1) is 18.4. The predicted molar refractivity (Wildman–Crippen MR) is 88.8 cm³/mol. The summed E-state index contributed by atoms with van der Waals surface area (Å²) in [7, 11) is 1.39. The minimum absolute atomic E-state index is 0.173. The van der Waals surface area contributed by atoms with E-state index in [-0.39, 0.29) is 29.5 Å². The molecule has 3 nitrogen and oxygen atoms in total. The monoisotopic (exact) mass is 304 g/mol. The second kappa shape index (κ2) is 7.57. The fraction of sp³-hybridized carbons (Fsp3) is 0.579. The van der Waals surface area contributed by atoms with Crippen LogP contribution in [0.25, 0.3) is 0 Å². The summed E-state index contributed by atoms with van der Waals surface area (Å²) in [6.07, 6.45) is 1.10. The lowest BCUT2D eigenvalue weighted by Crippen LogP contribution is -2.31. The highest BCUT2D eigenvalue weighted by Crippen LogP contribution is 2.36. The smallest absolute Gasteiger partial charge is 0.306 e. The van der Waals surface area contributed by atoms with E-state index in [4.69, 9.17) is 4.74 Å². The van der Waals surface area contributed by atoms with Crippen LogP contribution in [0, 0.1) is 25.2 Å². The van der Waals surface area contributed by atoms with Gasteiger partial charge < -0.3 is 4.74 Å². The van der Waals surface area contributed by atoms with Crippen molar-refractivity contribution in [2.24, 2.45) is 11.3 Å². The first-order valence-electron chi connectivity index (χ1n) is 7.82. The summed E-state index contributed by atoms with van der Waals surface area (Å²) >= 11 is 0. The topological polar surface area (TPSA) is 43.4 Å². The van der Waals surface area contributed by atoms with Crippen molar-refractivity contribution in [3.05, 3.63) is 34.9 Å². The minimum atomic E-state index is -0.358. The Hall–Kier alpha value is -1.64. The van der Waals surface area contributed by atoms with Gasteiger partial charge in [-0.05, 0) is 36.3 Å². The fourth-order valence-corrected chi connectivity index (χ4v) is 2.64. The molecule has 0 aliphatic carbocycles. The first-order valence-corrected chi connectivity index (χ1v) is 7.82. The van der Waals surface area contributed by atoms with E-state index in [1.54, 1.807) is 0 Å². The van der Waals surface area contributed by atoms with Gasteiger partial charge in [0.25, 0.3) is 0 Å². The van der Waals surface area contributed by atoms with Gasteiger partial charge in [-0.2, -0.15) is 0 Å².